The van der Waals surface area contributed by atoms with Crippen molar-refractivity contribution < 1.29 is 15.0 Å². The summed E-state index contributed by atoms with van der Waals surface area (Å²) in [6.07, 6.45) is 0.570. The van der Waals surface area contributed by atoms with Crippen LogP contribution in [0.25, 0.3) is 5.65 Å². The Balaban J connectivity index is 2.91. The summed E-state index contributed by atoms with van der Waals surface area (Å²) in [4.78, 5) is 15.1. The Morgan fingerprint density at radius 2 is 2.18 bits per heavy atom. The van der Waals surface area contributed by atoms with Crippen LogP contribution in [0.1, 0.15) is 28.5 Å². The summed E-state index contributed by atoms with van der Waals surface area (Å²) >= 11 is 5.72. The van der Waals surface area contributed by atoms with Crippen molar-refractivity contribution in [1.29, 1.82) is 0 Å². The van der Waals surface area contributed by atoms with Crippen LogP contribution < -0.4 is 0 Å². The van der Waals surface area contributed by atoms with Gasteiger partial charge in [0.25, 0.3) is 0 Å². The molecule has 0 atom stereocenters. The number of carboxylic acid groups (broad SMARTS) is 1. The first-order chi connectivity index (χ1) is 7.97. The lowest BCUT2D eigenvalue weighted by atomic mass is 10.2. The zero-order valence-electron chi connectivity index (χ0n) is 9.23. The van der Waals surface area contributed by atoms with Crippen molar-refractivity contribution in [3.63, 3.8) is 0 Å². The van der Waals surface area contributed by atoms with Gasteiger partial charge in [0.15, 0.2) is 10.8 Å². The van der Waals surface area contributed by atoms with Crippen molar-refractivity contribution in [2.75, 3.05) is 0 Å². The Labute approximate surface area is 101 Å². The maximum atomic E-state index is 11.0. The number of rotatable bonds is 2. The minimum atomic E-state index is -1.22. The first-order valence-corrected chi connectivity index (χ1v) is 5.35. The topological polar surface area (TPSA) is 87.7 Å². The number of fused-ring (bicyclic) bond motifs is 1. The molecule has 90 valence electrons. The van der Waals surface area contributed by atoms with Gasteiger partial charge in [-0.1, -0.05) is 18.5 Å². The number of carbonyl (C=O) groups is 1. The average Bonchev–Trinajstić information content (AvgIpc) is 2.55. The maximum absolute atomic E-state index is 11.0. The second-order valence-electron chi connectivity index (χ2n) is 3.56. The van der Waals surface area contributed by atoms with Gasteiger partial charge in [0.1, 0.15) is 5.56 Å². The number of hydrogen-bond donors (Lipinski definition) is 2. The highest BCUT2D eigenvalue weighted by molar-refractivity contribution is 6.33. The third kappa shape index (κ3) is 1.61. The van der Waals surface area contributed by atoms with Crippen molar-refractivity contribution in [1.82, 2.24) is 14.6 Å². The molecule has 2 heterocycles. The summed E-state index contributed by atoms with van der Waals surface area (Å²) in [6.45, 7) is 3.56. The lowest BCUT2D eigenvalue weighted by molar-refractivity contribution is 0.0699. The van der Waals surface area contributed by atoms with Gasteiger partial charge >= 0.3 is 5.97 Å². The van der Waals surface area contributed by atoms with E-state index in [0.717, 1.165) is 4.52 Å². The van der Waals surface area contributed by atoms with E-state index < -0.39 is 5.97 Å². The van der Waals surface area contributed by atoms with Gasteiger partial charge in [0.2, 0.25) is 5.88 Å². The predicted molar refractivity (Wildman–Crippen MR) is 60.7 cm³/mol. The van der Waals surface area contributed by atoms with Gasteiger partial charge in [-0.05, 0) is 13.3 Å². The molecule has 6 nitrogen and oxygen atoms in total. The number of aromatic hydroxyl groups is 1. The Morgan fingerprint density at radius 3 is 2.71 bits per heavy atom. The van der Waals surface area contributed by atoms with Crippen LogP contribution in [0.3, 0.4) is 0 Å². The monoisotopic (exact) mass is 255 g/mol. The Morgan fingerprint density at radius 1 is 1.53 bits per heavy atom. The molecule has 0 aliphatic heterocycles. The highest BCUT2D eigenvalue weighted by Gasteiger charge is 2.22. The minimum absolute atomic E-state index is 0.0506. The van der Waals surface area contributed by atoms with Crippen LogP contribution in [0.15, 0.2) is 0 Å². The summed E-state index contributed by atoms with van der Waals surface area (Å²) in [5.74, 6) is -1.34. The molecule has 2 aromatic rings. The molecule has 0 saturated carbocycles. The number of nitrogens with zero attached hydrogens (tertiary/aromatic N) is 3. The lowest BCUT2D eigenvalue weighted by Gasteiger charge is -2.06. The zero-order valence-corrected chi connectivity index (χ0v) is 9.99. The van der Waals surface area contributed by atoms with Crippen LogP contribution in [0.4, 0.5) is 0 Å². The van der Waals surface area contributed by atoms with Crippen LogP contribution in [-0.2, 0) is 6.42 Å². The summed E-state index contributed by atoms with van der Waals surface area (Å²) in [5, 5.41) is 22.5. The molecule has 2 aromatic heterocycles. The largest absolute Gasteiger partial charge is 0.493 e. The van der Waals surface area contributed by atoms with Gasteiger partial charge in [-0.2, -0.15) is 9.61 Å². The van der Waals surface area contributed by atoms with E-state index >= 15 is 0 Å². The standard InChI is InChI=1S/C10H10ClN3O3/c1-3-5-4(2)12-8-6(10(16)17)7(11)13-14(8)9(5)15/h15H,3H2,1-2H3,(H,16,17). The normalized spacial score (nSPS) is 11.0. The van der Waals surface area contributed by atoms with Crippen LogP contribution in [0.2, 0.25) is 5.15 Å². The van der Waals surface area contributed by atoms with Gasteiger partial charge in [-0.3, -0.25) is 0 Å². The van der Waals surface area contributed by atoms with Crippen LogP contribution >= 0.6 is 11.6 Å². The van der Waals surface area contributed by atoms with Crippen molar-refractivity contribution >= 4 is 23.2 Å². The molecule has 7 heteroatoms. The number of halogens is 1. The number of aryl methyl sites for hydroxylation is 1. The van der Waals surface area contributed by atoms with E-state index in [1.165, 1.54) is 0 Å². The molecule has 0 unspecified atom stereocenters. The number of aromatic carboxylic acids is 1. The third-order valence-electron chi connectivity index (χ3n) is 2.57. The highest BCUT2D eigenvalue weighted by atomic mass is 35.5. The molecule has 17 heavy (non-hydrogen) atoms. The van der Waals surface area contributed by atoms with Crippen molar-refractivity contribution in [3.8, 4) is 5.88 Å². The molecule has 0 aromatic carbocycles. The number of hydrogen-bond acceptors (Lipinski definition) is 4. The maximum Gasteiger partial charge on any atom is 0.342 e. The molecular formula is C10H10ClN3O3. The predicted octanol–water partition coefficient (Wildman–Crippen LogP) is 1.66. The van der Waals surface area contributed by atoms with Gasteiger partial charge in [0.05, 0.1) is 0 Å². The van der Waals surface area contributed by atoms with E-state index in [0.29, 0.717) is 17.7 Å². The molecule has 0 amide bonds. The lowest BCUT2D eigenvalue weighted by Crippen LogP contribution is -2.03. The molecule has 0 bridgehead atoms. The van der Waals surface area contributed by atoms with E-state index in [9.17, 15) is 9.90 Å². The second-order valence-corrected chi connectivity index (χ2v) is 3.92. The Bertz CT molecular complexity index is 621. The van der Waals surface area contributed by atoms with Gasteiger partial charge in [-0.25, -0.2) is 9.78 Å². The fraction of sp³-hybridized carbons (Fsp3) is 0.300. The average molecular weight is 256 g/mol. The van der Waals surface area contributed by atoms with E-state index in [1.807, 2.05) is 6.92 Å². The molecule has 0 radical (unpaired) electrons. The van der Waals surface area contributed by atoms with Gasteiger partial charge < -0.3 is 10.2 Å². The third-order valence-corrected chi connectivity index (χ3v) is 2.83. The van der Waals surface area contributed by atoms with E-state index in [2.05, 4.69) is 10.1 Å². The van der Waals surface area contributed by atoms with E-state index in [-0.39, 0.29) is 22.2 Å². The fourth-order valence-electron chi connectivity index (χ4n) is 1.75. The van der Waals surface area contributed by atoms with Gasteiger partial charge in [-0.15, -0.1) is 0 Å². The Hall–Kier alpha value is -1.82. The van der Waals surface area contributed by atoms with Crippen molar-refractivity contribution in [3.05, 3.63) is 22.0 Å². The molecule has 0 fully saturated rings. The van der Waals surface area contributed by atoms with Crippen LogP contribution in [0, 0.1) is 6.92 Å². The molecule has 0 spiro atoms. The smallest absolute Gasteiger partial charge is 0.342 e. The molecule has 0 aliphatic carbocycles. The van der Waals surface area contributed by atoms with Gasteiger partial charge in [0, 0.05) is 11.3 Å². The van der Waals surface area contributed by atoms with Crippen molar-refractivity contribution in [2.24, 2.45) is 0 Å². The zero-order chi connectivity index (χ0) is 12.7. The minimum Gasteiger partial charge on any atom is -0.493 e. The Kier molecular flexibility index (Phi) is 2.66. The fourth-order valence-corrected chi connectivity index (χ4v) is 1.99. The first kappa shape index (κ1) is 11.7. The highest BCUT2D eigenvalue weighted by Crippen LogP contribution is 2.27. The number of aromatic nitrogens is 3. The molecule has 0 saturated heterocycles. The van der Waals surface area contributed by atoms with E-state index in [1.54, 1.807) is 6.92 Å². The summed E-state index contributed by atoms with van der Waals surface area (Å²) in [5.41, 5.74) is 1.03. The molecule has 2 N–H and O–H groups in total. The summed E-state index contributed by atoms with van der Waals surface area (Å²) in [7, 11) is 0. The first-order valence-electron chi connectivity index (χ1n) is 4.97. The second kappa shape index (κ2) is 3.89. The van der Waals surface area contributed by atoms with Crippen LogP contribution in [0.5, 0.6) is 5.88 Å². The summed E-state index contributed by atoms with van der Waals surface area (Å²) in [6, 6.07) is 0. The molecular weight excluding hydrogens is 246 g/mol. The summed E-state index contributed by atoms with van der Waals surface area (Å²) < 4.78 is 1.05. The number of carboxylic acids is 1. The molecule has 2 rings (SSSR count). The quantitative estimate of drug-likeness (QED) is 0.852. The van der Waals surface area contributed by atoms with Crippen molar-refractivity contribution in [2.45, 2.75) is 20.3 Å². The SMILES string of the molecule is CCc1c(C)nc2c(C(=O)O)c(Cl)nn2c1O. The van der Waals surface area contributed by atoms with Crippen LogP contribution in [-0.4, -0.2) is 30.8 Å². The molecule has 0 aliphatic rings. The van der Waals surface area contributed by atoms with E-state index in [4.69, 9.17) is 16.7 Å².